The van der Waals surface area contributed by atoms with E-state index in [1.165, 1.54) is 18.9 Å². The molecule has 8 heteroatoms. The van der Waals surface area contributed by atoms with Crippen molar-refractivity contribution in [2.45, 2.75) is 20.3 Å². The number of carbonyl (C=O) groups excluding carboxylic acids is 3. The number of Topliss-reactive ketones (excluding diaryl/α,β-unsaturated/α-hetero) is 1. The van der Waals surface area contributed by atoms with Gasteiger partial charge in [0.1, 0.15) is 11.7 Å². The number of rotatable bonds is 7. The average molecular weight is 371 g/mol. The standard InChI is InChI=1S/C19H21N3O5/c1-11-4-5-17(26-3)15(6-11)22-9-13(7-18(22)24)19(25)27-10-16(23)14(8-20)12(2)21/h4-6,13-14,21H,7,9-10H2,1-3H3/t13-,14+/m1/s1. The quantitative estimate of drug-likeness (QED) is 0.575. The number of anilines is 1. The van der Waals surface area contributed by atoms with E-state index >= 15 is 0 Å². The second kappa shape index (κ2) is 8.45. The van der Waals surface area contributed by atoms with Gasteiger partial charge in [-0.25, -0.2) is 0 Å². The van der Waals surface area contributed by atoms with Crippen LogP contribution >= 0.6 is 0 Å². The molecule has 0 aromatic heterocycles. The van der Waals surface area contributed by atoms with E-state index in [-0.39, 0.29) is 24.6 Å². The lowest BCUT2D eigenvalue weighted by Gasteiger charge is -2.20. The average Bonchev–Trinajstić information content (AvgIpc) is 3.01. The topological polar surface area (TPSA) is 121 Å². The largest absolute Gasteiger partial charge is 0.495 e. The summed E-state index contributed by atoms with van der Waals surface area (Å²) in [5.74, 6) is -2.98. The molecule has 0 spiro atoms. The lowest BCUT2D eigenvalue weighted by molar-refractivity contribution is -0.152. The Kier molecular flexibility index (Phi) is 6.29. The first kappa shape index (κ1) is 20.1. The van der Waals surface area contributed by atoms with E-state index in [2.05, 4.69) is 0 Å². The lowest BCUT2D eigenvalue weighted by Crippen LogP contribution is -2.29. The van der Waals surface area contributed by atoms with Crippen LogP contribution in [0, 0.1) is 35.5 Å². The zero-order chi connectivity index (χ0) is 20.1. The Hall–Kier alpha value is -3.21. The number of carbonyl (C=O) groups is 3. The maximum atomic E-state index is 12.4. The molecule has 1 amide bonds. The molecule has 2 atom stereocenters. The van der Waals surface area contributed by atoms with Crippen LogP contribution in [0.1, 0.15) is 18.9 Å². The summed E-state index contributed by atoms with van der Waals surface area (Å²) >= 11 is 0. The molecule has 27 heavy (non-hydrogen) atoms. The fourth-order valence-corrected chi connectivity index (χ4v) is 2.86. The molecule has 1 fully saturated rings. The maximum absolute atomic E-state index is 12.4. The highest BCUT2D eigenvalue weighted by molar-refractivity contribution is 6.06. The van der Waals surface area contributed by atoms with Crippen LogP contribution in [0.25, 0.3) is 0 Å². The molecule has 1 saturated heterocycles. The normalized spacial score (nSPS) is 17.2. The van der Waals surface area contributed by atoms with Gasteiger partial charge in [-0.15, -0.1) is 0 Å². The van der Waals surface area contributed by atoms with Gasteiger partial charge < -0.3 is 19.8 Å². The monoisotopic (exact) mass is 371 g/mol. The summed E-state index contributed by atoms with van der Waals surface area (Å²) in [6.07, 6.45) is -0.0323. The van der Waals surface area contributed by atoms with Crippen LogP contribution in [-0.2, 0) is 19.1 Å². The van der Waals surface area contributed by atoms with E-state index in [1.54, 1.807) is 18.2 Å². The Morgan fingerprint density at radius 1 is 1.44 bits per heavy atom. The Bertz CT molecular complexity index is 827. The molecule has 8 nitrogen and oxygen atoms in total. The van der Waals surface area contributed by atoms with Gasteiger partial charge in [-0.2, -0.15) is 5.26 Å². The molecule has 0 saturated carbocycles. The number of ether oxygens (including phenoxy) is 2. The van der Waals surface area contributed by atoms with Crippen molar-refractivity contribution in [3.63, 3.8) is 0 Å². The summed E-state index contributed by atoms with van der Waals surface area (Å²) in [7, 11) is 1.50. The van der Waals surface area contributed by atoms with Gasteiger partial charge in [-0.05, 0) is 31.5 Å². The maximum Gasteiger partial charge on any atom is 0.311 e. The van der Waals surface area contributed by atoms with Crippen LogP contribution in [0.5, 0.6) is 5.75 Å². The molecular weight excluding hydrogens is 350 g/mol. The molecule has 0 bridgehead atoms. The highest BCUT2D eigenvalue weighted by Gasteiger charge is 2.37. The summed E-state index contributed by atoms with van der Waals surface area (Å²) in [5.41, 5.74) is 1.42. The molecule has 0 aliphatic carbocycles. The van der Waals surface area contributed by atoms with E-state index in [1.807, 2.05) is 13.0 Å². The van der Waals surface area contributed by atoms with Crippen molar-refractivity contribution in [1.82, 2.24) is 0 Å². The second-order valence-electron chi connectivity index (χ2n) is 6.40. The van der Waals surface area contributed by atoms with Gasteiger partial charge in [-0.3, -0.25) is 14.4 Å². The van der Waals surface area contributed by atoms with Crippen LogP contribution in [0.4, 0.5) is 5.69 Å². The predicted octanol–water partition coefficient (Wildman–Crippen LogP) is 1.65. The Morgan fingerprint density at radius 3 is 2.74 bits per heavy atom. The minimum absolute atomic E-state index is 0.0323. The molecule has 0 radical (unpaired) electrons. The first-order valence-electron chi connectivity index (χ1n) is 8.37. The van der Waals surface area contributed by atoms with Crippen molar-refractivity contribution in [3.05, 3.63) is 23.8 Å². The molecular formula is C19H21N3O5. The predicted molar refractivity (Wildman–Crippen MR) is 96.7 cm³/mol. The van der Waals surface area contributed by atoms with Crippen molar-refractivity contribution >= 4 is 29.1 Å². The molecule has 0 unspecified atom stereocenters. The third-order valence-electron chi connectivity index (χ3n) is 4.32. The van der Waals surface area contributed by atoms with Gasteiger partial charge in [0.2, 0.25) is 5.91 Å². The molecule has 142 valence electrons. The van der Waals surface area contributed by atoms with Crippen molar-refractivity contribution in [3.8, 4) is 11.8 Å². The SMILES string of the molecule is COc1ccc(C)cc1N1C[C@H](C(=O)OCC(=O)[C@@H](C#N)C(C)=N)CC1=O. The number of nitriles is 1. The summed E-state index contributed by atoms with van der Waals surface area (Å²) in [6, 6.07) is 7.12. The van der Waals surface area contributed by atoms with Gasteiger partial charge in [0.15, 0.2) is 12.4 Å². The van der Waals surface area contributed by atoms with Gasteiger partial charge in [0, 0.05) is 18.7 Å². The van der Waals surface area contributed by atoms with Crippen molar-refractivity contribution in [2.24, 2.45) is 11.8 Å². The molecule has 1 aromatic carbocycles. The van der Waals surface area contributed by atoms with Gasteiger partial charge in [0.05, 0.1) is 24.8 Å². The fourth-order valence-electron chi connectivity index (χ4n) is 2.86. The molecule has 1 aliphatic rings. The molecule has 1 heterocycles. The van der Waals surface area contributed by atoms with Crippen LogP contribution in [0.15, 0.2) is 18.2 Å². The van der Waals surface area contributed by atoms with Crippen LogP contribution in [0.2, 0.25) is 0 Å². The van der Waals surface area contributed by atoms with Crippen molar-refractivity contribution < 1.29 is 23.9 Å². The summed E-state index contributed by atoms with van der Waals surface area (Å²) < 4.78 is 10.3. The third-order valence-corrected chi connectivity index (χ3v) is 4.32. The number of nitrogens with zero attached hydrogens (tertiary/aromatic N) is 2. The van der Waals surface area contributed by atoms with Crippen molar-refractivity contribution in [1.29, 1.82) is 10.7 Å². The minimum Gasteiger partial charge on any atom is -0.495 e. The third kappa shape index (κ3) is 4.50. The first-order chi connectivity index (χ1) is 12.8. The number of methoxy groups -OCH3 is 1. The Balaban J connectivity index is 2.04. The van der Waals surface area contributed by atoms with E-state index in [9.17, 15) is 14.4 Å². The first-order valence-corrected chi connectivity index (χ1v) is 8.37. The van der Waals surface area contributed by atoms with Gasteiger partial charge >= 0.3 is 5.97 Å². The number of aryl methyl sites for hydroxylation is 1. The number of amides is 1. The van der Waals surface area contributed by atoms with Crippen molar-refractivity contribution in [2.75, 3.05) is 25.2 Å². The number of esters is 1. The smallest absolute Gasteiger partial charge is 0.311 e. The fraction of sp³-hybridized carbons (Fsp3) is 0.421. The van der Waals surface area contributed by atoms with Crippen LogP contribution in [0.3, 0.4) is 0 Å². The number of nitrogens with one attached hydrogen (secondary N) is 1. The highest BCUT2D eigenvalue weighted by atomic mass is 16.5. The minimum atomic E-state index is -1.23. The summed E-state index contributed by atoms with van der Waals surface area (Å²) in [6.45, 7) is 2.76. The zero-order valence-electron chi connectivity index (χ0n) is 15.4. The molecule has 1 N–H and O–H groups in total. The van der Waals surface area contributed by atoms with E-state index in [4.69, 9.17) is 20.1 Å². The summed E-state index contributed by atoms with van der Waals surface area (Å²) in [4.78, 5) is 38.0. The van der Waals surface area contributed by atoms with E-state index in [0.717, 1.165) is 5.56 Å². The second-order valence-corrected chi connectivity index (χ2v) is 6.40. The zero-order valence-corrected chi connectivity index (χ0v) is 15.4. The highest BCUT2D eigenvalue weighted by Crippen LogP contribution is 2.34. The van der Waals surface area contributed by atoms with E-state index < -0.39 is 30.2 Å². The lowest BCUT2D eigenvalue weighted by atomic mass is 10.0. The number of hydrogen-bond donors (Lipinski definition) is 1. The Morgan fingerprint density at radius 2 is 2.15 bits per heavy atom. The van der Waals surface area contributed by atoms with Crippen LogP contribution in [-0.4, -0.2) is 43.6 Å². The number of hydrogen-bond acceptors (Lipinski definition) is 7. The van der Waals surface area contributed by atoms with Crippen LogP contribution < -0.4 is 9.64 Å². The number of ketones is 1. The number of benzene rings is 1. The van der Waals surface area contributed by atoms with E-state index in [0.29, 0.717) is 11.4 Å². The summed E-state index contributed by atoms with van der Waals surface area (Å²) in [5, 5.41) is 16.3. The molecule has 1 aliphatic heterocycles. The van der Waals surface area contributed by atoms with Gasteiger partial charge in [-0.1, -0.05) is 6.07 Å². The molecule has 2 rings (SSSR count). The van der Waals surface area contributed by atoms with Gasteiger partial charge in [0.25, 0.3) is 0 Å². The Labute approximate surface area is 157 Å². The molecule has 1 aromatic rings.